The molecule has 98 valence electrons. The molecule has 0 fully saturated rings. The van der Waals surface area contributed by atoms with E-state index >= 15 is 0 Å². The third-order valence-electron chi connectivity index (χ3n) is 3.91. The lowest BCUT2D eigenvalue weighted by molar-refractivity contribution is 0.582. The minimum absolute atomic E-state index is 0.359. The molecule has 0 heterocycles. The molecule has 1 aliphatic carbocycles. The van der Waals surface area contributed by atoms with Crippen LogP contribution in [-0.2, 0) is 6.42 Å². The smallest absolute Gasteiger partial charge is 0.0292 e. The van der Waals surface area contributed by atoms with Crippen molar-refractivity contribution >= 4 is 0 Å². The molecule has 0 amide bonds. The molecule has 0 bridgehead atoms. The van der Waals surface area contributed by atoms with Crippen LogP contribution in [0.5, 0.6) is 0 Å². The summed E-state index contributed by atoms with van der Waals surface area (Å²) in [5.74, 6) is 0. The molecule has 0 spiro atoms. The van der Waals surface area contributed by atoms with Gasteiger partial charge >= 0.3 is 0 Å². The summed E-state index contributed by atoms with van der Waals surface area (Å²) >= 11 is 0. The van der Waals surface area contributed by atoms with E-state index < -0.39 is 0 Å². The van der Waals surface area contributed by atoms with E-state index in [1.807, 2.05) is 0 Å². The van der Waals surface area contributed by atoms with Gasteiger partial charge in [0, 0.05) is 19.1 Å². The van der Waals surface area contributed by atoms with Crippen LogP contribution in [0.15, 0.2) is 42.5 Å². The molecule has 0 aliphatic heterocycles. The summed E-state index contributed by atoms with van der Waals surface area (Å²) in [5, 5.41) is 3.44. The molecule has 0 saturated carbocycles. The van der Waals surface area contributed by atoms with Crippen molar-refractivity contribution in [3.8, 4) is 11.1 Å². The lowest BCUT2D eigenvalue weighted by atomic mass is 10.0. The van der Waals surface area contributed by atoms with Crippen LogP contribution < -0.4 is 11.1 Å². The highest BCUT2D eigenvalue weighted by atomic mass is 14.9. The molecule has 2 nitrogen and oxygen atoms in total. The van der Waals surface area contributed by atoms with Crippen molar-refractivity contribution in [2.24, 2.45) is 5.73 Å². The maximum atomic E-state index is 5.54. The molecular formula is C17H20N2. The Bertz CT molecular complexity index is 590. The summed E-state index contributed by atoms with van der Waals surface area (Å²) < 4.78 is 0. The third kappa shape index (κ3) is 2.29. The van der Waals surface area contributed by atoms with Crippen molar-refractivity contribution in [1.82, 2.24) is 5.32 Å². The number of rotatable bonds is 4. The summed E-state index contributed by atoms with van der Waals surface area (Å²) in [6.45, 7) is 3.73. The minimum atomic E-state index is 0.359. The van der Waals surface area contributed by atoms with Gasteiger partial charge < -0.3 is 11.1 Å². The Kier molecular flexibility index (Phi) is 3.36. The van der Waals surface area contributed by atoms with Crippen LogP contribution in [0.25, 0.3) is 11.1 Å². The summed E-state index contributed by atoms with van der Waals surface area (Å²) in [5.41, 5.74) is 12.6. The molecule has 0 saturated heterocycles. The first kappa shape index (κ1) is 12.4. The van der Waals surface area contributed by atoms with E-state index in [1.54, 1.807) is 0 Å². The number of nitrogens with two attached hydrogens (primary N) is 1. The van der Waals surface area contributed by atoms with Crippen LogP contribution in [-0.4, -0.2) is 13.1 Å². The second kappa shape index (κ2) is 5.16. The summed E-state index contributed by atoms with van der Waals surface area (Å²) in [6.07, 6.45) is 1.06. The maximum Gasteiger partial charge on any atom is 0.0292 e. The van der Waals surface area contributed by atoms with E-state index in [0.29, 0.717) is 12.6 Å². The van der Waals surface area contributed by atoms with Crippen LogP contribution in [0.3, 0.4) is 0 Å². The van der Waals surface area contributed by atoms with Gasteiger partial charge in [-0.05, 0) is 41.2 Å². The Labute approximate surface area is 114 Å². The van der Waals surface area contributed by atoms with Gasteiger partial charge in [0.15, 0.2) is 0 Å². The normalized spacial score (nSPS) is 14.0. The lowest BCUT2D eigenvalue weighted by Gasteiger charge is -2.15. The van der Waals surface area contributed by atoms with Gasteiger partial charge in [0.1, 0.15) is 0 Å². The van der Waals surface area contributed by atoms with Crippen molar-refractivity contribution in [2.75, 3.05) is 13.1 Å². The van der Waals surface area contributed by atoms with Crippen LogP contribution in [0, 0.1) is 0 Å². The molecule has 1 unspecified atom stereocenters. The molecule has 0 aromatic heterocycles. The van der Waals surface area contributed by atoms with E-state index in [-0.39, 0.29) is 0 Å². The Hall–Kier alpha value is -1.64. The molecule has 2 aromatic carbocycles. The van der Waals surface area contributed by atoms with Gasteiger partial charge in [-0.2, -0.15) is 0 Å². The van der Waals surface area contributed by atoms with Gasteiger partial charge in [0.2, 0.25) is 0 Å². The topological polar surface area (TPSA) is 38.0 Å². The second-order valence-corrected chi connectivity index (χ2v) is 5.21. The first-order valence-corrected chi connectivity index (χ1v) is 6.94. The van der Waals surface area contributed by atoms with E-state index in [1.165, 1.54) is 27.8 Å². The Morgan fingerprint density at radius 3 is 2.74 bits per heavy atom. The molecule has 3 N–H and O–H groups in total. The van der Waals surface area contributed by atoms with Crippen molar-refractivity contribution < 1.29 is 0 Å². The van der Waals surface area contributed by atoms with Crippen molar-refractivity contribution in [1.29, 1.82) is 0 Å². The molecule has 2 heteroatoms. The summed E-state index contributed by atoms with van der Waals surface area (Å²) in [7, 11) is 0. The summed E-state index contributed by atoms with van der Waals surface area (Å²) in [4.78, 5) is 0. The van der Waals surface area contributed by atoms with E-state index in [4.69, 9.17) is 5.73 Å². The van der Waals surface area contributed by atoms with Gasteiger partial charge in [-0.3, -0.25) is 0 Å². The van der Waals surface area contributed by atoms with Gasteiger partial charge in [0.05, 0.1) is 0 Å². The fourth-order valence-corrected chi connectivity index (χ4v) is 2.85. The highest BCUT2D eigenvalue weighted by molar-refractivity contribution is 5.76. The minimum Gasteiger partial charge on any atom is -0.329 e. The Balaban J connectivity index is 1.89. The summed E-state index contributed by atoms with van der Waals surface area (Å²) in [6, 6.07) is 15.9. The van der Waals surface area contributed by atoms with Gasteiger partial charge in [-0.1, -0.05) is 42.5 Å². The fourth-order valence-electron chi connectivity index (χ4n) is 2.85. The van der Waals surface area contributed by atoms with E-state index in [9.17, 15) is 0 Å². The number of benzene rings is 2. The van der Waals surface area contributed by atoms with Crippen LogP contribution >= 0.6 is 0 Å². The molecule has 3 rings (SSSR count). The maximum absolute atomic E-state index is 5.54. The zero-order chi connectivity index (χ0) is 13.2. The van der Waals surface area contributed by atoms with Gasteiger partial charge in [-0.15, -0.1) is 0 Å². The molecule has 19 heavy (non-hydrogen) atoms. The zero-order valence-electron chi connectivity index (χ0n) is 11.3. The largest absolute Gasteiger partial charge is 0.329 e. The number of hydrogen-bond acceptors (Lipinski definition) is 2. The Morgan fingerprint density at radius 1 is 1.11 bits per heavy atom. The fraction of sp³-hybridized carbons (Fsp3) is 0.294. The average molecular weight is 252 g/mol. The lowest BCUT2D eigenvalue weighted by Crippen LogP contribution is -2.25. The predicted octanol–water partition coefficient (Wildman–Crippen LogP) is 2.87. The molecular weight excluding hydrogens is 232 g/mol. The first-order valence-electron chi connectivity index (χ1n) is 6.94. The monoisotopic (exact) mass is 252 g/mol. The zero-order valence-corrected chi connectivity index (χ0v) is 11.3. The standard InChI is InChI=1S/C17H20N2/c1-12(19-9-8-18)13-6-7-17-15(10-13)11-14-4-2-3-5-16(14)17/h2-7,10,12,19H,8-9,11,18H2,1H3. The number of nitrogens with one attached hydrogen (secondary N) is 1. The molecule has 0 radical (unpaired) electrons. The quantitative estimate of drug-likeness (QED) is 0.749. The second-order valence-electron chi connectivity index (χ2n) is 5.21. The van der Waals surface area contributed by atoms with Crippen LogP contribution in [0.4, 0.5) is 0 Å². The SMILES string of the molecule is CC(NCCN)c1ccc2c(c1)Cc1ccccc1-2. The number of hydrogen-bond donors (Lipinski definition) is 2. The van der Waals surface area contributed by atoms with Crippen molar-refractivity contribution in [3.05, 3.63) is 59.2 Å². The highest BCUT2D eigenvalue weighted by Crippen LogP contribution is 2.37. The van der Waals surface area contributed by atoms with Crippen LogP contribution in [0.1, 0.15) is 29.7 Å². The van der Waals surface area contributed by atoms with E-state index in [2.05, 4.69) is 54.7 Å². The van der Waals surface area contributed by atoms with Crippen molar-refractivity contribution in [3.63, 3.8) is 0 Å². The Morgan fingerprint density at radius 2 is 1.89 bits per heavy atom. The van der Waals surface area contributed by atoms with Gasteiger partial charge in [-0.25, -0.2) is 0 Å². The average Bonchev–Trinajstić information content (AvgIpc) is 2.82. The predicted molar refractivity (Wildman–Crippen MR) is 80.2 cm³/mol. The third-order valence-corrected chi connectivity index (χ3v) is 3.91. The molecule has 1 aliphatic rings. The van der Waals surface area contributed by atoms with E-state index in [0.717, 1.165) is 13.0 Å². The van der Waals surface area contributed by atoms with Crippen LogP contribution in [0.2, 0.25) is 0 Å². The molecule has 1 atom stereocenters. The highest BCUT2D eigenvalue weighted by Gasteiger charge is 2.18. The number of fused-ring (bicyclic) bond motifs is 3. The van der Waals surface area contributed by atoms with Gasteiger partial charge in [0.25, 0.3) is 0 Å². The first-order chi connectivity index (χ1) is 9.29. The van der Waals surface area contributed by atoms with Crippen molar-refractivity contribution in [2.45, 2.75) is 19.4 Å². The molecule has 2 aromatic rings.